The lowest BCUT2D eigenvalue weighted by molar-refractivity contribution is -0.389. The summed E-state index contributed by atoms with van der Waals surface area (Å²) in [4.78, 5) is 25.8. The van der Waals surface area contributed by atoms with Crippen molar-refractivity contribution in [3.05, 3.63) is 58.5 Å². The molecule has 0 fully saturated rings. The molecule has 0 radical (unpaired) electrons. The molecule has 2 rings (SSSR count). The number of hydrogen-bond donors (Lipinski definition) is 0. The number of benzene rings is 1. The molecule has 0 aliphatic rings. The van der Waals surface area contributed by atoms with E-state index in [1.54, 1.807) is 6.92 Å². The lowest BCUT2D eigenvalue weighted by atomic mass is 9.88. The maximum absolute atomic E-state index is 12.0. The minimum Gasteiger partial charge on any atom is -0.358 e. The van der Waals surface area contributed by atoms with Gasteiger partial charge in [0.15, 0.2) is 5.78 Å². The molecule has 2 aromatic rings. The van der Waals surface area contributed by atoms with Gasteiger partial charge in [-0.3, -0.25) is 9.36 Å². The first-order valence-electron chi connectivity index (χ1n) is 5.71. The zero-order valence-corrected chi connectivity index (χ0v) is 10.6. The first-order valence-corrected chi connectivity index (χ1v) is 5.71. The fourth-order valence-electron chi connectivity index (χ4n) is 1.95. The summed E-state index contributed by atoms with van der Waals surface area (Å²) in [6.07, 6.45) is 2.58. The number of nitrogens with zero attached hydrogens (tertiary/aromatic N) is 3. The van der Waals surface area contributed by atoms with Crippen LogP contribution in [0.4, 0.5) is 5.82 Å². The van der Waals surface area contributed by atoms with Crippen LogP contribution >= 0.6 is 0 Å². The van der Waals surface area contributed by atoms with E-state index in [-0.39, 0.29) is 11.6 Å². The second-order valence-corrected chi connectivity index (χ2v) is 4.39. The van der Waals surface area contributed by atoms with Crippen LogP contribution < -0.4 is 0 Å². The molecule has 0 aliphatic carbocycles. The first kappa shape index (κ1) is 12.9. The number of ketones is 1. The second-order valence-electron chi connectivity index (χ2n) is 4.39. The fourth-order valence-corrected chi connectivity index (χ4v) is 1.95. The van der Waals surface area contributed by atoms with Crippen molar-refractivity contribution in [1.82, 2.24) is 9.55 Å². The largest absolute Gasteiger partial charge is 0.381 e. The topological polar surface area (TPSA) is 78.0 Å². The SMILES string of the molecule is CC(=O)[C@@](C)(c1ccccc1)n1cnc([N+](=O)[O-])c1. The van der Waals surface area contributed by atoms with Crippen LogP contribution in [-0.4, -0.2) is 20.3 Å². The van der Waals surface area contributed by atoms with Gasteiger partial charge in [-0.25, -0.2) is 0 Å². The molecule has 1 atom stereocenters. The Bertz CT molecular complexity index is 621. The quantitative estimate of drug-likeness (QED) is 0.622. The van der Waals surface area contributed by atoms with E-state index in [9.17, 15) is 14.9 Å². The third-order valence-corrected chi connectivity index (χ3v) is 3.29. The number of hydrogen-bond acceptors (Lipinski definition) is 4. The molecule has 0 amide bonds. The van der Waals surface area contributed by atoms with Crippen molar-refractivity contribution in [3.8, 4) is 0 Å². The van der Waals surface area contributed by atoms with Gasteiger partial charge in [0.1, 0.15) is 11.7 Å². The van der Waals surface area contributed by atoms with E-state index in [0.29, 0.717) is 0 Å². The molecule has 0 aliphatic heterocycles. The summed E-state index contributed by atoms with van der Waals surface area (Å²) in [5, 5.41) is 10.7. The molecule has 0 N–H and O–H groups in total. The molecular weight excluding hydrogens is 246 g/mol. The van der Waals surface area contributed by atoms with E-state index in [2.05, 4.69) is 4.98 Å². The van der Waals surface area contributed by atoms with Crippen molar-refractivity contribution in [1.29, 1.82) is 0 Å². The molecule has 19 heavy (non-hydrogen) atoms. The maximum Gasteiger partial charge on any atom is 0.381 e. The van der Waals surface area contributed by atoms with Crippen molar-refractivity contribution in [2.75, 3.05) is 0 Å². The highest BCUT2D eigenvalue weighted by atomic mass is 16.6. The Morgan fingerprint density at radius 2 is 2.00 bits per heavy atom. The van der Waals surface area contributed by atoms with Crippen LogP contribution in [0, 0.1) is 10.1 Å². The Morgan fingerprint density at radius 3 is 2.47 bits per heavy atom. The van der Waals surface area contributed by atoms with Crippen molar-refractivity contribution in [3.63, 3.8) is 0 Å². The minimum atomic E-state index is -0.998. The number of rotatable bonds is 4. The molecule has 0 saturated carbocycles. The van der Waals surface area contributed by atoms with Crippen LogP contribution in [0.5, 0.6) is 0 Å². The maximum atomic E-state index is 12.0. The van der Waals surface area contributed by atoms with Gasteiger partial charge >= 0.3 is 5.82 Å². The molecule has 98 valence electrons. The predicted octanol–water partition coefficient (Wildman–Crippen LogP) is 2.14. The summed E-state index contributed by atoms with van der Waals surface area (Å²) >= 11 is 0. The van der Waals surface area contributed by atoms with E-state index in [1.807, 2.05) is 30.3 Å². The summed E-state index contributed by atoms with van der Waals surface area (Å²) in [5.74, 6) is -0.394. The zero-order chi connectivity index (χ0) is 14.0. The van der Waals surface area contributed by atoms with Crippen molar-refractivity contribution < 1.29 is 9.72 Å². The average molecular weight is 259 g/mol. The number of Topliss-reactive ketones (excluding diaryl/α,β-unsaturated/α-hetero) is 1. The van der Waals surface area contributed by atoms with Crippen molar-refractivity contribution >= 4 is 11.6 Å². The molecular formula is C13H13N3O3. The summed E-state index contributed by atoms with van der Waals surface area (Å²) < 4.78 is 1.48. The van der Waals surface area contributed by atoms with E-state index < -0.39 is 10.5 Å². The van der Waals surface area contributed by atoms with E-state index in [1.165, 1.54) is 24.0 Å². The van der Waals surface area contributed by atoms with Crippen molar-refractivity contribution in [2.24, 2.45) is 0 Å². The van der Waals surface area contributed by atoms with Gasteiger partial charge in [-0.2, -0.15) is 0 Å². The van der Waals surface area contributed by atoms with Crippen LogP contribution in [0.2, 0.25) is 0 Å². The smallest absolute Gasteiger partial charge is 0.358 e. The number of nitro groups is 1. The Kier molecular flexibility index (Phi) is 3.16. The van der Waals surface area contributed by atoms with Crippen LogP contribution in [0.1, 0.15) is 19.4 Å². The fraction of sp³-hybridized carbons (Fsp3) is 0.231. The van der Waals surface area contributed by atoms with Gasteiger partial charge in [-0.05, 0) is 29.3 Å². The van der Waals surface area contributed by atoms with Crippen LogP contribution in [0.3, 0.4) is 0 Å². The molecule has 6 nitrogen and oxygen atoms in total. The van der Waals surface area contributed by atoms with Gasteiger partial charge < -0.3 is 10.1 Å². The standard InChI is InChI=1S/C13H13N3O3/c1-10(17)13(2,11-6-4-3-5-7-11)15-8-12(14-9-15)16(18)19/h3-9H,1-2H3/t13-/m0/s1. The summed E-state index contributed by atoms with van der Waals surface area (Å²) in [5.41, 5.74) is -0.238. The Hall–Kier alpha value is -2.50. The first-order chi connectivity index (χ1) is 8.96. The van der Waals surface area contributed by atoms with Crippen LogP contribution in [0.25, 0.3) is 0 Å². The second kappa shape index (κ2) is 4.64. The molecule has 1 heterocycles. The Morgan fingerprint density at radius 1 is 1.37 bits per heavy atom. The molecule has 0 bridgehead atoms. The zero-order valence-electron chi connectivity index (χ0n) is 10.6. The monoisotopic (exact) mass is 259 g/mol. The highest BCUT2D eigenvalue weighted by Gasteiger charge is 2.35. The number of carbonyl (C=O) groups is 1. The van der Waals surface area contributed by atoms with Gasteiger partial charge in [0.05, 0.1) is 0 Å². The lowest BCUT2D eigenvalue weighted by Crippen LogP contribution is -2.37. The average Bonchev–Trinajstić information content (AvgIpc) is 2.88. The normalized spacial score (nSPS) is 13.8. The molecule has 0 spiro atoms. The van der Waals surface area contributed by atoms with Gasteiger partial charge in [0, 0.05) is 0 Å². The highest BCUT2D eigenvalue weighted by Crippen LogP contribution is 2.28. The van der Waals surface area contributed by atoms with E-state index in [0.717, 1.165) is 5.56 Å². The third-order valence-electron chi connectivity index (χ3n) is 3.29. The van der Waals surface area contributed by atoms with Gasteiger partial charge in [-0.15, -0.1) is 0 Å². The van der Waals surface area contributed by atoms with E-state index in [4.69, 9.17) is 0 Å². The van der Waals surface area contributed by atoms with Crippen LogP contribution in [0.15, 0.2) is 42.9 Å². The lowest BCUT2D eigenvalue weighted by Gasteiger charge is -2.27. The number of aromatic nitrogens is 2. The molecule has 6 heteroatoms. The molecule has 1 aromatic carbocycles. The Balaban J connectivity index is 2.56. The van der Waals surface area contributed by atoms with Gasteiger partial charge in [0.25, 0.3) is 0 Å². The summed E-state index contributed by atoms with van der Waals surface area (Å²) in [7, 11) is 0. The number of carbonyl (C=O) groups excluding carboxylic acids is 1. The third kappa shape index (κ3) is 2.12. The minimum absolute atomic E-state index is 0.119. The summed E-state index contributed by atoms with van der Waals surface area (Å²) in [6, 6.07) is 9.12. The highest BCUT2D eigenvalue weighted by molar-refractivity contribution is 5.87. The van der Waals surface area contributed by atoms with E-state index >= 15 is 0 Å². The predicted molar refractivity (Wildman–Crippen MR) is 68.8 cm³/mol. The van der Waals surface area contributed by atoms with Gasteiger partial charge in [-0.1, -0.05) is 30.3 Å². The molecule has 0 unspecified atom stereocenters. The van der Waals surface area contributed by atoms with Crippen LogP contribution in [-0.2, 0) is 10.3 Å². The number of imidazole rings is 1. The Labute approximate surface area is 109 Å². The summed E-state index contributed by atoms with van der Waals surface area (Å²) in [6.45, 7) is 3.18. The molecule has 1 aromatic heterocycles. The van der Waals surface area contributed by atoms with Gasteiger partial charge in [0.2, 0.25) is 6.33 Å². The molecule has 0 saturated heterocycles. The van der Waals surface area contributed by atoms with Crippen molar-refractivity contribution in [2.45, 2.75) is 19.4 Å².